The zero-order valence-corrected chi connectivity index (χ0v) is 23.5. The molecule has 7 nitrogen and oxygen atoms in total. The molecule has 0 spiro atoms. The molecule has 1 unspecified atom stereocenters. The largest absolute Gasteiger partial charge is 0.481 e. The van der Waals surface area contributed by atoms with Crippen LogP contribution in [0.2, 0.25) is 5.02 Å². The molecule has 3 saturated carbocycles. The van der Waals surface area contributed by atoms with Crippen LogP contribution in [-0.4, -0.2) is 49.4 Å². The lowest BCUT2D eigenvalue weighted by Gasteiger charge is -2.35. The number of aliphatic hydroxyl groups is 1. The first kappa shape index (κ1) is 28.9. The van der Waals surface area contributed by atoms with E-state index in [0.717, 1.165) is 10.9 Å². The minimum atomic E-state index is -4.86. The maximum absolute atomic E-state index is 14.5. The molecular weight excluding hydrogens is 547 g/mol. The normalized spacial score (nSPS) is 30.0. The molecule has 1 aromatic heterocycles. The number of aromatic nitrogens is 2. The molecule has 0 bridgehead atoms. The van der Waals surface area contributed by atoms with Crippen LogP contribution in [0.3, 0.4) is 0 Å². The van der Waals surface area contributed by atoms with Crippen LogP contribution < -0.4 is 0 Å². The second-order valence-electron chi connectivity index (χ2n) is 12.6. The van der Waals surface area contributed by atoms with Crippen LogP contribution >= 0.6 is 11.6 Å². The second-order valence-corrected chi connectivity index (χ2v) is 13.0. The van der Waals surface area contributed by atoms with Crippen molar-refractivity contribution in [2.24, 2.45) is 22.7 Å². The molecule has 0 aliphatic heterocycles. The van der Waals surface area contributed by atoms with Gasteiger partial charge in [0.25, 0.3) is 5.91 Å². The number of carboxylic acids is 1. The zero-order valence-electron chi connectivity index (χ0n) is 22.8. The molecule has 5 rings (SSSR count). The molecule has 0 radical (unpaired) electrons. The number of halogens is 4. The first-order chi connectivity index (χ1) is 18.6. The molecule has 1 amide bonds. The van der Waals surface area contributed by atoms with Crippen molar-refractivity contribution in [2.75, 3.05) is 6.54 Å². The number of carbonyl (C=O) groups is 2. The van der Waals surface area contributed by atoms with Crippen molar-refractivity contribution in [3.8, 4) is 0 Å². The molecule has 1 heterocycles. The number of carboxylic acid groups (broad SMARTS) is 1. The van der Waals surface area contributed by atoms with Crippen LogP contribution in [0.25, 0.3) is 0 Å². The Morgan fingerprint density at radius 1 is 1.15 bits per heavy atom. The van der Waals surface area contributed by atoms with Gasteiger partial charge >= 0.3 is 12.1 Å². The number of benzene rings is 1. The predicted octanol–water partition coefficient (Wildman–Crippen LogP) is 6.37. The molecule has 3 aliphatic rings. The molecule has 0 saturated heterocycles. The maximum Gasteiger partial charge on any atom is 0.433 e. The van der Waals surface area contributed by atoms with Gasteiger partial charge in [0.15, 0.2) is 5.69 Å². The number of alkyl halides is 3. The summed E-state index contributed by atoms with van der Waals surface area (Å²) in [7, 11) is 0. The van der Waals surface area contributed by atoms with Crippen molar-refractivity contribution < 1.29 is 33.0 Å². The van der Waals surface area contributed by atoms with E-state index in [-0.39, 0.29) is 43.7 Å². The van der Waals surface area contributed by atoms with Crippen LogP contribution in [0.4, 0.5) is 13.2 Å². The van der Waals surface area contributed by atoms with E-state index in [1.165, 1.54) is 4.90 Å². The summed E-state index contributed by atoms with van der Waals surface area (Å²) in [6.07, 6.45) is -2.91. The number of aliphatic hydroxyl groups excluding tert-OH is 1. The highest BCUT2D eigenvalue weighted by Crippen LogP contribution is 2.67. The number of nitrogens with zero attached hydrogens (tertiary/aromatic N) is 3. The summed E-state index contributed by atoms with van der Waals surface area (Å²) in [5.41, 5.74) is -2.13. The monoisotopic (exact) mass is 581 g/mol. The van der Waals surface area contributed by atoms with E-state index in [9.17, 15) is 33.0 Å². The summed E-state index contributed by atoms with van der Waals surface area (Å²) in [6, 6.07) is 5.68. The van der Waals surface area contributed by atoms with Gasteiger partial charge in [-0.3, -0.25) is 14.3 Å². The van der Waals surface area contributed by atoms with Crippen molar-refractivity contribution in [1.29, 1.82) is 0 Å². The number of fused-ring (bicyclic) bond motifs is 1. The molecule has 218 valence electrons. The SMILES string of the molecule is CC1(C(=O)O)CCC(n2ncc(C(=O)N(CC(O)c3ccccc3Cl)[C@H]3C[C@@H]4[C@H](C3)C4(C)C)c2C(F)(F)F)CC1. The van der Waals surface area contributed by atoms with Crippen LogP contribution in [0.5, 0.6) is 0 Å². The Bertz CT molecular complexity index is 1290. The topological polar surface area (TPSA) is 95.7 Å². The van der Waals surface area contributed by atoms with E-state index in [1.807, 2.05) is 0 Å². The van der Waals surface area contributed by atoms with Gasteiger partial charge in [-0.1, -0.05) is 43.6 Å². The summed E-state index contributed by atoms with van der Waals surface area (Å²) in [4.78, 5) is 27.0. The standard InChI is InChI=1S/C29H35ClF3N3O4/c1-27(2)20-12-17(13-21(20)27)35(15-23(37)18-6-4-5-7-22(18)30)25(38)19-14-34-36(24(19)29(31,32)33)16-8-10-28(3,11-9-16)26(39)40/h4-7,14,16-17,20-21,23,37H,8-13,15H2,1-3H3,(H,39,40)/t16?,17-,20+,21-,23?,28?. The predicted molar refractivity (Wildman–Crippen MR) is 142 cm³/mol. The fraction of sp³-hybridized carbons (Fsp3) is 0.621. The molecule has 3 fully saturated rings. The quantitative estimate of drug-likeness (QED) is 0.396. The van der Waals surface area contributed by atoms with Gasteiger partial charge in [0, 0.05) is 16.6 Å². The molecule has 2 aromatic rings. The lowest BCUT2D eigenvalue weighted by atomic mass is 9.74. The number of hydrogen-bond donors (Lipinski definition) is 2. The smallest absolute Gasteiger partial charge is 0.433 e. The number of amides is 1. The number of hydrogen-bond acceptors (Lipinski definition) is 4. The highest BCUT2D eigenvalue weighted by Gasteiger charge is 2.63. The highest BCUT2D eigenvalue weighted by molar-refractivity contribution is 6.31. The van der Waals surface area contributed by atoms with Gasteiger partial charge in [-0.05, 0) is 68.8 Å². The average Bonchev–Trinajstić information content (AvgIpc) is 3.31. The minimum Gasteiger partial charge on any atom is -0.481 e. The van der Waals surface area contributed by atoms with Gasteiger partial charge in [0.1, 0.15) is 0 Å². The first-order valence-electron chi connectivity index (χ1n) is 13.8. The Labute approximate surface area is 236 Å². The van der Waals surface area contributed by atoms with E-state index in [1.54, 1.807) is 31.2 Å². The Hall–Kier alpha value is -2.59. The summed E-state index contributed by atoms with van der Waals surface area (Å²) in [5.74, 6) is -1.04. The second kappa shape index (κ2) is 10.0. The lowest BCUT2D eigenvalue weighted by Crippen LogP contribution is -2.43. The summed E-state index contributed by atoms with van der Waals surface area (Å²) >= 11 is 6.28. The van der Waals surface area contributed by atoms with Gasteiger partial charge in [-0.15, -0.1) is 0 Å². The van der Waals surface area contributed by atoms with E-state index in [2.05, 4.69) is 18.9 Å². The number of carbonyl (C=O) groups excluding carboxylic acids is 1. The van der Waals surface area contributed by atoms with Crippen molar-refractivity contribution in [3.63, 3.8) is 0 Å². The number of rotatable bonds is 7. The van der Waals surface area contributed by atoms with Crippen molar-refractivity contribution in [2.45, 2.75) is 83.7 Å². The van der Waals surface area contributed by atoms with Crippen molar-refractivity contribution in [3.05, 3.63) is 52.3 Å². The summed E-state index contributed by atoms with van der Waals surface area (Å²) < 4.78 is 44.5. The third-order valence-corrected chi connectivity index (χ3v) is 10.2. The molecule has 11 heteroatoms. The molecule has 40 heavy (non-hydrogen) atoms. The zero-order chi connectivity index (χ0) is 29.2. The molecule has 1 aromatic carbocycles. The van der Waals surface area contributed by atoms with E-state index in [4.69, 9.17) is 11.6 Å². The molecular formula is C29H35ClF3N3O4. The third-order valence-electron chi connectivity index (χ3n) is 9.89. The summed E-state index contributed by atoms with van der Waals surface area (Å²) in [6.45, 7) is 5.73. The van der Waals surface area contributed by atoms with Gasteiger partial charge in [-0.2, -0.15) is 18.3 Å². The van der Waals surface area contributed by atoms with Crippen LogP contribution in [0.15, 0.2) is 30.5 Å². The van der Waals surface area contributed by atoms with Gasteiger partial charge in [-0.25, -0.2) is 0 Å². The molecule has 4 atom stereocenters. The Kier molecular flexibility index (Phi) is 7.26. The fourth-order valence-corrected chi connectivity index (χ4v) is 7.35. The highest BCUT2D eigenvalue weighted by atomic mass is 35.5. The third kappa shape index (κ3) is 5.02. The van der Waals surface area contributed by atoms with Gasteiger partial charge in [0.05, 0.1) is 35.9 Å². The molecule has 3 aliphatic carbocycles. The van der Waals surface area contributed by atoms with E-state index >= 15 is 0 Å². The fourth-order valence-electron chi connectivity index (χ4n) is 7.09. The summed E-state index contributed by atoms with van der Waals surface area (Å²) in [5, 5.41) is 25.0. The van der Waals surface area contributed by atoms with Crippen LogP contribution in [-0.2, 0) is 11.0 Å². The number of aliphatic carboxylic acids is 1. The van der Waals surface area contributed by atoms with Crippen molar-refractivity contribution >= 4 is 23.5 Å². The molecule has 2 N–H and O–H groups in total. The van der Waals surface area contributed by atoms with E-state index in [0.29, 0.717) is 35.3 Å². The van der Waals surface area contributed by atoms with E-state index < -0.39 is 46.9 Å². The minimum absolute atomic E-state index is 0.139. The van der Waals surface area contributed by atoms with Crippen LogP contribution in [0, 0.1) is 22.7 Å². The maximum atomic E-state index is 14.5. The van der Waals surface area contributed by atoms with Crippen LogP contribution in [0.1, 0.15) is 93.1 Å². The lowest BCUT2D eigenvalue weighted by molar-refractivity contribution is -0.152. The average molecular weight is 582 g/mol. The van der Waals surface area contributed by atoms with Gasteiger partial charge < -0.3 is 15.1 Å². The Morgan fingerprint density at radius 2 is 1.75 bits per heavy atom. The Balaban J connectivity index is 1.46. The first-order valence-corrected chi connectivity index (χ1v) is 14.1. The van der Waals surface area contributed by atoms with Crippen molar-refractivity contribution in [1.82, 2.24) is 14.7 Å². The Morgan fingerprint density at radius 3 is 2.30 bits per heavy atom. The van der Waals surface area contributed by atoms with Gasteiger partial charge in [0.2, 0.25) is 0 Å².